The molecule has 2 heteroatoms. The summed E-state index contributed by atoms with van der Waals surface area (Å²) in [6.45, 7) is 4.86. The standard InChI is InChI=1S/C12H17NO/c1-9-4-3-5-11-10(9)8-12(2,14)6-7-13-11/h3-5,13-14H,6-8H2,1-2H3. The Morgan fingerprint density at radius 1 is 1.43 bits per heavy atom. The predicted octanol–water partition coefficient (Wildman–Crippen LogP) is 2.10. The van der Waals surface area contributed by atoms with Gasteiger partial charge in [0.05, 0.1) is 5.60 Å². The molecule has 0 saturated heterocycles. The van der Waals surface area contributed by atoms with E-state index in [1.54, 1.807) is 0 Å². The summed E-state index contributed by atoms with van der Waals surface area (Å²) in [5.41, 5.74) is 3.14. The summed E-state index contributed by atoms with van der Waals surface area (Å²) in [5, 5.41) is 13.4. The molecule has 76 valence electrons. The van der Waals surface area contributed by atoms with Gasteiger partial charge in [-0.3, -0.25) is 0 Å². The third kappa shape index (κ3) is 1.75. The monoisotopic (exact) mass is 191 g/mol. The van der Waals surface area contributed by atoms with Crippen LogP contribution in [0.25, 0.3) is 0 Å². The van der Waals surface area contributed by atoms with E-state index in [0.717, 1.165) is 19.4 Å². The van der Waals surface area contributed by atoms with Crippen LogP contribution in [0.3, 0.4) is 0 Å². The molecule has 1 aliphatic rings. The van der Waals surface area contributed by atoms with Crippen LogP contribution in [0, 0.1) is 6.92 Å². The molecule has 0 bridgehead atoms. The number of hydrogen-bond donors (Lipinski definition) is 2. The van der Waals surface area contributed by atoms with Gasteiger partial charge >= 0.3 is 0 Å². The van der Waals surface area contributed by atoms with E-state index in [1.165, 1.54) is 16.8 Å². The predicted molar refractivity (Wildman–Crippen MR) is 58.6 cm³/mol. The van der Waals surface area contributed by atoms with Gasteiger partial charge in [-0.05, 0) is 37.5 Å². The molecule has 0 saturated carbocycles. The molecule has 14 heavy (non-hydrogen) atoms. The van der Waals surface area contributed by atoms with Crippen molar-refractivity contribution in [2.45, 2.75) is 32.3 Å². The van der Waals surface area contributed by atoms with Crippen LogP contribution < -0.4 is 5.32 Å². The minimum atomic E-state index is -0.565. The third-order valence-corrected chi connectivity index (χ3v) is 2.95. The first kappa shape index (κ1) is 9.53. The van der Waals surface area contributed by atoms with Gasteiger partial charge in [0.25, 0.3) is 0 Å². The second-order valence-corrected chi connectivity index (χ2v) is 4.45. The minimum absolute atomic E-state index is 0.565. The van der Waals surface area contributed by atoms with Crippen LogP contribution in [0.15, 0.2) is 18.2 Å². The summed E-state index contributed by atoms with van der Waals surface area (Å²) >= 11 is 0. The molecule has 1 aromatic carbocycles. The molecule has 0 spiro atoms. The lowest BCUT2D eigenvalue weighted by Gasteiger charge is -2.21. The summed E-state index contributed by atoms with van der Waals surface area (Å²) in [5.74, 6) is 0. The van der Waals surface area contributed by atoms with Gasteiger partial charge in [0, 0.05) is 18.7 Å². The third-order valence-electron chi connectivity index (χ3n) is 2.95. The van der Waals surface area contributed by atoms with Crippen molar-refractivity contribution in [3.05, 3.63) is 29.3 Å². The first-order chi connectivity index (χ1) is 6.58. The van der Waals surface area contributed by atoms with Gasteiger partial charge in [-0.15, -0.1) is 0 Å². The smallest absolute Gasteiger partial charge is 0.0677 e. The maximum atomic E-state index is 10.1. The Kier molecular flexibility index (Phi) is 2.23. The van der Waals surface area contributed by atoms with Gasteiger partial charge in [0.2, 0.25) is 0 Å². The lowest BCUT2D eigenvalue weighted by molar-refractivity contribution is 0.0565. The number of aliphatic hydroxyl groups is 1. The van der Waals surface area contributed by atoms with Crippen LogP contribution >= 0.6 is 0 Å². The quantitative estimate of drug-likeness (QED) is 0.658. The zero-order chi connectivity index (χ0) is 10.2. The van der Waals surface area contributed by atoms with Gasteiger partial charge in [-0.2, -0.15) is 0 Å². The molecule has 2 N–H and O–H groups in total. The summed E-state index contributed by atoms with van der Waals surface area (Å²) in [4.78, 5) is 0. The number of aryl methyl sites for hydroxylation is 1. The molecule has 1 atom stereocenters. The maximum Gasteiger partial charge on any atom is 0.0677 e. The van der Waals surface area contributed by atoms with Crippen LogP contribution in [0.4, 0.5) is 5.69 Å². The van der Waals surface area contributed by atoms with E-state index < -0.39 is 5.60 Å². The number of hydrogen-bond acceptors (Lipinski definition) is 2. The largest absolute Gasteiger partial charge is 0.390 e. The summed E-state index contributed by atoms with van der Waals surface area (Å²) < 4.78 is 0. The SMILES string of the molecule is Cc1cccc2c1CC(C)(O)CCN2. The van der Waals surface area contributed by atoms with Crippen molar-refractivity contribution in [3.8, 4) is 0 Å². The molecule has 0 fully saturated rings. The highest BCUT2D eigenvalue weighted by Crippen LogP contribution is 2.29. The fourth-order valence-corrected chi connectivity index (χ4v) is 2.04. The zero-order valence-corrected chi connectivity index (χ0v) is 8.80. The average Bonchev–Trinajstić information content (AvgIpc) is 2.24. The molecule has 1 heterocycles. The number of rotatable bonds is 0. The van der Waals surface area contributed by atoms with Crippen molar-refractivity contribution in [3.63, 3.8) is 0 Å². The molecule has 0 radical (unpaired) electrons. The Balaban J connectivity index is 2.43. The molecule has 0 aromatic heterocycles. The fourth-order valence-electron chi connectivity index (χ4n) is 2.04. The highest BCUT2D eigenvalue weighted by atomic mass is 16.3. The molecule has 1 aliphatic heterocycles. The molecule has 0 amide bonds. The maximum absolute atomic E-state index is 10.1. The van der Waals surface area contributed by atoms with Gasteiger partial charge in [0.15, 0.2) is 0 Å². The van der Waals surface area contributed by atoms with E-state index in [9.17, 15) is 5.11 Å². The lowest BCUT2D eigenvalue weighted by Crippen LogP contribution is -2.27. The van der Waals surface area contributed by atoms with Crippen molar-refractivity contribution >= 4 is 5.69 Å². The number of benzene rings is 1. The van der Waals surface area contributed by atoms with E-state index >= 15 is 0 Å². The van der Waals surface area contributed by atoms with Crippen LogP contribution in [0.1, 0.15) is 24.5 Å². The van der Waals surface area contributed by atoms with E-state index in [4.69, 9.17) is 0 Å². The summed E-state index contributed by atoms with van der Waals surface area (Å²) in [7, 11) is 0. The Morgan fingerprint density at radius 2 is 2.21 bits per heavy atom. The molecular weight excluding hydrogens is 174 g/mol. The Morgan fingerprint density at radius 3 is 3.00 bits per heavy atom. The highest BCUT2D eigenvalue weighted by Gasteiger charge is 2.25. The molecule has 2 rings (SSSR count). The summed E-state index contributed by atoms with van der Waals surface area (Å²) in [6.07, 6.45) is 1.56. The first-order valence-corrected chi connectivity index (χ1v) is 5.13. The average molecular weight is 191 g/mol. The molecule has 2 nitrogen and oxygen atoms in total. The van der Waals surface area contributed by atoms with Crippen molar-refractivity contribution < 1.29 is 5.11 Å². The highest BCUT2D eigenvalue weighted by molar-refractivity contribution is 5.55. The molecular formula is C12H17NO. The first-order valence-electron chi connectivity index (χ1n) is 5.13. The van der Waals surface area contributed by atoms with E-state index in [2.05, 4.69) is 30.4 Å². The van der Waals surface area contributed by atoms with Crippen molar-refractivity contribution in [2.75, 3.05) is 11.9 Å². The summed E-state index contributed by atoms with van der Waals surface area (Å²) in [6, 6.07) is 6.24. The van der Waals surface area contributed by atoms with E-state index in [1.807, 2.05) is 6.92 Å². The minimum Gasteiger partial charge on any atom is -0.390 e. The molecule has 1 aromatic rings. The second kappa shape index (κ2) is 3.28. The Labute approximate surface area is 85.0 Å². The van der Waals surface area contributed by atoms with Crippen molar-refractivity contribution in [1.29, 1.82) is 0 Å². The zero-order valence-electron chi connectivity index (χ0n) is 8.80. The normalized spacial score (nSPS) is 26.2. The Hall–Kier alpha value is -1.02. The number of anilines is 1. The van der Waals surface area contributed by atoms with Gasteiger partial charge in [0.1, 0.15) is 0 Å². The van der Waals surface area contributed by atoms with E-state index in [0.29, 0.717) is 0 Å². The number of fused-ring (bicyclic) bond motifs is 1. The van der Waals surface area contributed by atoms with Crippen molar-refractivity contribution in [2.24, 2.45) is 0 Å². The molecule has 0 aliphatic carbocycles. The number of nitrogens with one attached hydrogen (secondary N) is 1. The van der Waals surface area contributed by atoms with Gasteiger partial charge in [-0.25, -0.2) is 0 Å². The van der Waals surface area contributed by atoms with Crippen LogP contribution in [0.2, 0.25) is 0 Å². The molecule has 1 unspecified atom stereocenters. The van der Waals surface area contributed by atoms with Gasteiger partial charge < -0.3 is 10.4 Å². The topological polar surface area (TPSA) is 32.3 Å². The fraction of sp³-hybridized carbons (Fsp3) is 0.500. The lowest BCUT2D eigenvalue weighted by atomic mass is 9.92. The van der Waals surface area contributed by atoms with Crippen molar-refractivity contribution in [1.82, 2.24) is 0 Å². The Bertz CT molecular complexity index is 344. The second-order valence-electron chi connectivity index (χ2n) is 4.45. The van der Waals surface area contributed by atoms with Gasteiger partial charge in [-0.1, -0.05) is 12.1 Å². The van der Waals surface area contributed by atoms with Crippen LogP contribution in [-0.4, -0.2) is 17.3 Å². The van der Waals surface area contributed by atoms with E-state index in [-0.39, 0.29) is 0 Å². The van der Waals surface area contributed by atoms with Crippen LogP contribution in [0.5, 0.6) is 0 Å². The van der Waals surface area contributed by atoms with Crippen LogP contribution in [-0.2, 0) is 6.42 Å².